The number of hydrogen-bond acceptors (Lipinski definition) is 5. The first-order chi connectivity index (χ1) is 9.46. The Morgan fingerprint density at radius 3 is 2.80 bits per heavy atom. The summed E-state index contributed by atoms with van der Waals surface area (Å²) in [5.74, 6) is -0.821. The summed E-state index contributed by atoms with van der Waals surface area (Å²) in [4.78, 5) is 30.5. The number of rotatable bonds is 6. The number of urea groups is 1. The van der Waals surface area contributed by atoms with Crippen molar-refractivity contribution in [2.45, 2.75) is 19.4 Å². The number of carboxylic acids is 1. The van der Waals surface area contributed by atoms with Crippen molar-refractivity contribution in [3.8, 4) is 5.88 Å². The highest BCUT2D eigenvalue weighted by Crippen LogP contribution is 2.11. The first-order valence-electron chi connectivity index (χ1n) is 5.77. The summed E-state index contributed by atoms with van der Waals surface area (Å²) < 4.78 is 4.94. The van der Waals surface area contributed by atoms with E-state index in [1.807, 2.05) is 0 Å². The van der Waals surface area contributed by atoms with Crippen LogP contribution >= 0.6 is 0 Å². The normalized spacial score (nSPS) is 11.3. The molecule has 0 aromatic carbocycles. The Morgan fingerprint density at radius 1 is 1.55 bits per heavy atom. The number of carboxylic acid groups (broad SMARTS) is 1. The highest BCUT2D eigenvalue weighted by atomic mass is 16.5. The summed E-state index contributed by atoms with van der Waals surface area (Å²) in [5, 5.41) is 13.5. The molecule has 2 amide bonds. The van der Waals surface area contributed by atoms with Crippen LogP contribution in [-0.2, 0) is 4.79 Å². The van der Waals surface area contributed by atoms with E-state index >= 15 is 0 Å². The topological polar surface area (TPSA) is 113 Å². The molecule has 20 heavy (non-hydrogen) atoms. The van der Waals surface area contributed by atoms with Gasteiger partial charge in [-0.25, -0.2) is 14.6 Å². The van der Waals surface area contributed by atoms with Gasteiger partial charge < -0.3 is 15.2 Å². The molecule has 0 aliphatic carbocycles. The molecule has 0 radical (unpaired) electrons. The Labute approximate surface area is 115 Å². The number of ether oxygens (including phenoxy) is 1. The number of aliphatic carboxylic acids is 1. The molecule has 0 fully saturated rings. The van der Waals surface area contributed by atoms with Gasteiger partial charge in [-0.1, -0.05) is 6.08 Å². The molecule has 8 heteroatoms. The van der Waals surface area contributed by atoms with Gasteiger partial charge in [-0.2, -0.15) is 4.98 Å². The van der Waals surface area contributed by atoms with E-state index in [0.717, 1.165) is 0 Å². The third-order valence-electron chi connectivity index (χ3n) is 2.27. The molecule has 0 bridgehead atoms. The van der Waals surface area contributed by atoms with Gasteiger partial charge in [0.05, 0.1) is 7.11 Å². The summed E-state index contributed by atoms with van der Waals surface area (Å²) in [7, 11) is 1.44. The Bertz CT molecular complexity index is 518. The van der Waals surface area contributed by atoms with Gasteiger partial charge in [-0.3, -0.25) is 5.32 Å². The van der Waals surface area contributed by atoms with Crippen molar-refractivity contribution in [3.63, 3.8) is 0 Å². The quantitative estimate of drug-likeness (QED) is 0.668. The third kappa shape index (κ3) is 4.56. The first-order valence-corrected chi connectivity index (χ1v) is 5.77. The Balaban J connectivity index is 2.72. The van der Waals surface area contributed by atoms with Crippen LogP contribution in [0.2, 0.25) is 0 Å². The van der Waals surface area contributed by atoms with Crippen LogP contribution < -0.4 is 15.4 Å². The maximum Gasteiger partial charge on any atom is 0.326 e. The summed E-state index contributed by atoms with van der Waals surface area (Å²) >= 11 is 0. The zero-order valence-electron chi connectivity index (χ0n) is 11.2. The molecule has 0 saturated carbocycles. The average molecular weight is 280 g/mol. The van der Waals surface area contributed by atoms with E-state index < -0.39 is 18.0 Å². The zero-order valence-corrected chi connectivity index (χ0v) is 11.2. The van der Waals surface area contributed by atoms with Gasteiger partial charge in [0, 0.05) is 11.8 Å². The number of nitrogens with zero attached hydrogens (tertiary/aromatic N) is 2. The number of aryl methyl sites for hydroxylation is 1. The van der Waals surface area contributed by atoms with Gasteiger partial charge in [0.25, 0.3) is 0 Å². The molecule has 1 aromatic heterocycles. The average Bonchev–Trinajstić information content (AvgIpc) is 2.37. The fourth-order valence-electron chi connectivity index (χ4n) is 1.38. The number of carbonyl (C=O) groups is 2. The molecule has 1 atom stereocenters. The van der Waals surface area contributed by atoms with Crippen LogP contribution in [0.25, 0.3) is 0 Å². The molecular weight excluding hydrogens is 264 g/mol. The lowest BCUT2D eigenvalue weighted by Crippen LogP contribution is -2.42. The standard InChI is InChI=1S/C12H16N4O4/c1-4-5-8(10(17)18)14-12(19)16-11-13-7(2)6-9(15-11)20-3/h4,6,8H,1,5H2,2-3H3,(H,17,18)(H2,13,14,15,16,19). The second-order valence-corrected chi connectivity index (χ2v) is 3.89. The van der Waals surface area contributed by atoms with Crippen LogP contribution in [0.4, 0.5) is 10.7 Å². The van der Waals surface area contributed by atoms with Crippen molar-refractivity contribution >= 4 is 17.9 Å². The minimum Gasteiger partial charge on any atom is -0.481 e. The predicted molar refractivity (Wildman–Crippen MR) is 71.7 cm³/mol. The van der Waals surface area contributed by atoms with Crippen molar-refractivity contribution in [1.82, 2.24) is 15.3 Å². The fourth-order valence-corrected chi connectivity index (χ4v) is 1.38. The molecule has 0 spiro atoms. The van der Waals surface area contributed by atoms with Gasteiger partial charge in [-0.15, -0.1) is 6.58 Å². The molecule has 0 aliphatic rings. The van der Waals surface area contributed by atoms with E-state index in [9.17, 15) is 9.59 Å². The lowest BCUT2D eigenvalue weighted by Gasteiger charge is -2.13. The van der Waals surface area contributed by atoms with Crippen molar-refractivity contribution in [3.05, 3.63) is 24.4 Å². The first kappa shape index (κ1) is 15.4. The van der Waals surface area contributed by atoms with Crippen LogP contribution in [0.15, 0.2) is 18.7 Å². The molecule has 108 valence electrons. The van der Waals surface area contributed by atoms with E-state index in [1.54, 1.807) is 13.0 Å². The lowest BCUT2D eigenvalue weighted by molar-refractivity contribution is -0.139. The van der Waals surface area contributed by atoms with Gasteiger partial charge in [-0.05, 0) is 13.3 Å². The maximum atomic E-state index is 11.7. The molecule has 1 unspecified atom stereocenters. The summed E-state index contributed by atoms with van der Waals surface area (Å²) in [6.07, 6.45) is 1.52. The molecule has 1 aromatic rings. The van der Waals surface area contributed by atoms with Gasteiger partial charge in [0.15, 0.2) is 0 Å². The highest BCUT2D eigenvalue weighted by Gasteiger charge is 2.18. The van der Waals surface area contributed by atoms with Crippen molar-refractivity contribution in [1.29, 1.82) is 0 Å². The Kier molecular flexibility index (Phi) is 5.45. The molecule has 3 N–H and O–H groups in total. The number of nitrogens with one attached hydrogen (secondary N) is 2. The minimum atomic E-state index is -1.15. The molecular formula is C12H16N4O4. The number of amides is 2. The molecule has 8 nitrogen and oxygen atoms in total. The highest BCUT2D eigenvalue weighted by molar-refractivity contribution is 5.90. The van der Waals surface area contributed by atoms with Gasteiger partial charge in [0.1, 0.15) is 6.04 Å². The van der Waals surface area contributed by atoms with E-state index in [2.05, 4.69) is 27.2 Å². The predicted octanol–water partition coefficient (Wildman–Crippen LogP) is 0.944. The van der Waals surface area contributed by atoms with Crippen molar-refractivity contribution in [2.24, 2.45) is 0 Å². The van der Waals surface area contributed by atoms with Crippen LogP contribution in [0.5, 0.6) is 5.88 Å². The fraction of sp³-hybridized carbons (Fsp3) is 0.333. The number of carbonyl (C=O) groups excluding carboxylic acids is 1. The second kappa shape index (κ2) is 7.07. The van der Waals surface area contributed by atoms with E-state index in [1.165, 1.54) is 13.2 Å². The Morgan fingerprint density at radius 2 is 2.25 bits per heavy atom. The SMILES string of the molecule is C=CCC(NC(=O)Nc1nc(C)cc(OC)n1)C(=O)O. The van der Waals surface area contributed by atoms with Crippen molar-refractivity contribution in [2.75, 3.05) is 12.4 Å². The summed E-state index contributed by atoms with van der Waals surface area (Å²) in [5.41, 5.74) is 0.605. The van der Waals surface area contributed by atoms with E-state index in [-0.39, 0.29) is 12.4 Å². The largest absolute Gasteiger partial charge is 0.481 e. The zero-order chi connectivity index (χ0) is 15.1. The number of methoxy groups -OCH3 is 1. The number of hydrogen-bond donors (Lipinski definition) is 3. The maximum absolute atomic E-state index is 11.7. The minimum absolute atomic E-state index is 0.0297. The van der Waals surface area contributed by atoms with Crippen molar-refractivity contribution < 1.29 is 19.4 Å². The van der Waals surface area contributed by atoms with Crippen LogP contribution in [0.3, 0.4) is 0 Å². The van der Waals surface area contributed by atoms with E-state index in [4.69, 9.17) is 9.84 Å². The summed E-state index contributed by atoms with van der Waals surface area (Å²) in [6, 6.07) is -0.174. The Hall–Kier alpha value is -2.64. The molecule has 1 heterocycles. The number of aromatic nitrogens is 2. The third-order valence-corrected chi connectivity index (χ3v) is 2.27. The van der Waals surface area contributed by atoms with Crippen LogP contribution in [-0.4, -0.2) is 40.2 Å². The number of anilines is 1. The lowest BCUT2D eigenvalue weighted by atomic mass is 10.2. The smallest absolute Gasteiger partial charge is 0.326 e. The summed E-state index contributed by atoms with van der Waals surface area (Å²) in [6.45, 7) is 5.15. The van der Waals surface area contributed by atoms with Gasteiger partial charge >= 0.3 is 12.0 Å². The molecule has 0 saturated heterocycles. The second-order valence-electron chi connectivity index (χ2n) is 3.89. The van der Waals surface area contributed by atoms with Crippen LogP contribution in [0.1, 0.15) is 12.1 Å². The van der Waals surface area contributed by atoms with Crippen LogP contribution in [0, 0.1) is 6.92 Å². The molecule has 1 rings (SSSR count). The van der Waals surface area contributed by atoms with E-state index in [0.29, 0.717) is 11.6 Å². The molecule has 0 aliphatic heterocycles. The van der Waals surface area contributed by atoms with Gasteiger partial charge in [0.2, 0.25) is 11.8 Å². The monoisotopic (exact) mass is 280 g/mol.